The predicted molar refractivity (Wildman–Crippen MR) is 52.6 cm³/mol. The van der Waals surface area contributed by atoms with Crippen molar-refractivity contribution in [3.63, 3.8) is 0 Å². The SMILES string of the molecule is N#CC(C=CC(C#N)C(=O)C(=O)O)C(=O)C(=O)O. The van der Waals surface area contributed by atoms with Crippen LogP contribution >= 0.6 is 0 Å². The maximum absolute atomic E-state index is 10.9. The number of rotatable bonds is 6. The molecule has 0 heterocycles. The Morgan fingerprint density at radius 1 is 0.833 bits per heavy atom. The molecule has 0 aromatic rings. The van der Waals surface area contributed by atoms with E-state index >= 15 is 0 Å². The molecule has 2 atom stereocenters. The van der Waals surface area contributed by atoms with Gasteiger partial charge >= 0.3 is 11.9 Å². The van der Waals surface area contributed by atoms with Crippen LogP contribution in [0.1, 0.15) is 0 Å². The van der Waals surface area contributed by atoms with E-state index in [1.54, 1.807) is 0 Å². The summed E-state index contributed by atoms with van der Waals surface area (Å²) in [6, 6.07) is 2.69. The summed E-state index contributed by atoms with van der Waals surface area (Å²) in [4.78, 5) is 42.4. The Morgan fingerprint density at radius 2 is 1.11 bits per heavy atom. The van der Waals surface area contributed by atoms with Gasteiger partial charge in [0.25, 0.3) is 11.6 Å². The van der Waals surface area contributed by atoms with Gasteiger partial charge in [-0.3, -0.25) is 9.59 Å². The molecule has 0 saturated carbocycles. The van der Waals surface area contributed by atoms with E-state index in [0.717, 1.165) is 0 Å². The van der Waals surface area contributed by atoms with E-state index in [4.69, 9.17) is 20.7 Å². The zero-order chi connectivity index (χ0) is 14.3. The fourth-order valence-electron chi connectivity index (χ4n) is 0.866. The first-order valence-electron chi connectivity index (χ1n) is 4.37. The topological polar surface area (TPSA) is 156 Å². The van der Waals surface area contributed by atoms with Crippen LogP contribution in [0.25, 0.3) is 0 Å². The van der Waals surface area contributed by atoms with Gasteiger partial charge in [0.05, 0.1) is 12.1 Å². The Hall–Kier alpha value is -3.00. The van der Waals surface area contributed by atoms with E-state index in [2.05, 4.69) is 0 Å². The molecule has 0 rings (SSSR count). The fourth-order valence-corrected chi connectivity index (χ4v) is 0.866. The number of carboxylic acids is 2. The van der Waals surface area contributed by atoms with Gasteiger partial charge in [0, 0.05) is 0 Å². The molecule has 0 aromatic heterocycles. The quantitative estimate of drug-likeness (QED) is 0.454. The maximum Gasteiger partial charge on any atom is 0.373 e. The van der Waals surface area contributed by atoms with Gasteiger partial charge in [0.2, 0.25) is 0 Å². The predicted octanol–water partition coefficient (Wildman–Crippen LogP) is -0.870. The fraction of sp³-hybridized carbons (Fsp3) is 0.200. The van der Waals surface area contributed by atoms with Gasteiger partial charge in [0.15, 0.2) is 0 Å². The molecule has 0 bridgehead atoms. The number of carbonyl (C=O) groups excluding carboxylic acids is 2. The van der Waals surface area contributed by atoms with E-state index in [1.165, 1.54) is 12.1 Å². The number of Topliss-reactive ketones (excluding diaryl/α,β-unsaturated/α-hetero) is 2. The molecule has 92 valence electrons. The number of carbonyl (C=O) groups is 4. The van der Waals surface area contributed by atoms with Crippen molar-refractivity contribution < 1.29 is 29.4 Å². The summed E-state index contributed by atoms with van der Waals surface area (Å²) in [6.45, 7) is 0. The molecule has 18 heavy (non-hydrogen) atoms. The van der Waals surface area contributed by atoms with Gasteiger partial charge in [0.1, 0.15) is 11.8 Å². The lowest BCUT2D eigenvalue weighted by Crippen LogP contribution is -2.23. The number of nitrogens with zero attached hydrogens (tertiary/aromatic N) is 2. The molecule has 0 aliphatic rings. The number of ketones is 2. The Labute approximate surface area is 100 Å². The Balaban J connectivity index is 5.01. The van der Waals surface area contributed by atoms with Crippen LogP contribution in [-0.2, 0) is 19.2 Å². The van der Waals surface area contributed by atoms with Crippen LogP contribution < -0.4 is 0 Å². The third-order valence-corrected chi connectivity index (χ3v) is 1.76. The van der Waals surface area contributed by atoms with E-state index in [0.29, 0.717) is 12.2 Å². The van der Waals surface area contributed by atoms with Gasteiger partial charge in [-0.1, -0.05) is 12.2 Å². The Kier molecular flexibility index (Phi) is 5.46. The summed E-state index contributed by atoms with van der Waals surface area (Å²) in [7, 11) is 0. The number of nitriles is 2. The lowest BCUT2D eigenvalue weighted by Gasteiger charge is -2.00. The number of carboxylic acid groups (broad SMARTS) is 2. The van der Waals surface area contributed by atoms with Crippen molar-refractivity contribution in [3.8, 4) is 12.1 Å². The highest BCUT2D eigenvalue weighted by Crippen LogP contribution is 2.05. The molecule has 0 aliphatic heterocycles. The Morgan fingerprint density at radius 3 is 1.28 bits per heavy atom. The normalized spacial score (nSPS) is 13.0. The summed E-state index contributed by atoms with van der Waals surface area (Å²) in [5, 5.41) is 33.7. The molecule has 2 N–H and O–H groups in total. The van der Waals surface area contributed by atoms with Crippen molar-refractivity contribution in [2.45, 2.75) is 0 Å². The monoisotopic (exact) mass is 250 g/mol. The molecule has 8 heteroatoms. The highest BCUT2D eigenvalue weighted by atomic mass is 16.4. The van der Waals surface area contributed by atoms with E-state index in [1.807, 2.05) is 0 Å². The van der Waals surface area contributed by atoms with Gasteiger partial charge in [-0.25, -0.2) is 9.59 Å². The third-order valence-electron chi connectivity index (χ3n) is 1.76. The number of aliphatic carboxylic acids is 2. The lowest BCUT2D eigenvalue weighted by molar-refractivity contribution is -0.149. The van der Waals surface area contributed by atoms with Crippen LogP contribution in [-0.4, -0.2) is 33.7 Å². The minimum atomic E-state index is -1.84. The second-order valence-corrected chi connectivity index (χ2v) is 2.94. The second kappa shape index (κ2) is 6.55. The number of hydrogen-bond acceptors (Lipinski definition) is 6. The zero-order valence-corrected chi connectivity index (χ0v) is 8.73. The standard InChI is InChI=1S/C10H6N2O6/c11-3-5(7(13)9(15)16)1-2-6(4-12)8(14)10(17)18/h1-2,5-6H,(H,15,16)(H,17,18). The minimum Gasteiger partial charge on any atom is -0.475 e. The average molecular weight is 250 g/mol. The molecule has 0 fully saturated rings. The summed E-state index contributed by atoms with van der Waals surface area (Å²) in [5.41, 5.74) is 0. The van der Waals surface area contributed by atoms with Crippen molar-refractivity contribution in [3.05, 3.63) is 12.2 Å². The molecule has 0 spiro atoms. The largest absolute Gasteiger partial charge is 0.475 e. The van der Waals surface area contributed by atoms with E-state index < -0.39 is 35.3 Å². The number of hydrogen-bond donors (Lipinski definition) is 2. The third kappa shape index (κ3) is 3.87. The number of allylic oxidation sites excluding steroid dienone is 2. The van der Waals surface area contributed by atoms with Gasteiger partial charge in [-0.05, 0) is 0 Å². The Bertz CT molecular complexity index is 461. The minimum absolute atomic E-state index is 0.713. The zero-order valence-electron chi connectivity index (χ0n) is 8.73. The van der Waals surface area contributed by atoms with Crippen LogP contribution in [0.2, 0.25) is 0 Å². The van der Waals surface area contributed by atoms with E-state index in [-0.39, 0.29) is 0 Å². The van der Waals surface area contributed by atoms with Gasteiger partial charge in [-0.2, -0.15) is 10.5 Å². The average Bonchev–Trinajstić information content (AvgIpc) is 2.33. The van der Waals surface area contributed by atoms with Crippen molar-refractivity contribution in [1.82, 2.24) is 0 Å². The summed E-state index contributed by atoms with van der Waals surface area (Å²) < 4.78 is 0. The first-order chi connectivity index (χ1) is 8.34. The maximum atomic E-state index is 10.9. The highest BCUT2D eigenvalue weighted by molar-refractivity contribution is 6.35. The molecule has 8 nitrogen and oxygen atoms in total. The van der Waals surface area contributed by atoms with Crippen molar-refractivity contribution in [1.29, 1.82) is 10.5 Å². The molecular weight excluding hydrogens is 244 g/mol. The van der Waals surface area contributed by atoms with Gasteiger partial charge in [-0.15, -0.1) is 0 Å². The van der Waals surface area contributed by atoms with Crippen LogP contribution in [0.15, 0.2) is 12.2 Å². The molecule has 0 amide bonds. The van der Waals surface area contributed by atoms with Crippen LogP contribution in [0.5, 0.6) is 0 Å². The van der Waals surface area contributed by atoms with Crippen LogP contribution in [0.3, 0.4) is 0 Å². The summed E-state index contributed by atoms with van der Waals surface area (Å²) >= 11 is 0. The first-order valence-corrected chi connectivity index (χ1v) is 4.37. The van der Waals surface area contributed by atoms with Crippen molar-refractivity contribution >= 4 is 23.5 Å². The van der Waals surface area contributed by atoms with E-state index in [9.17, 15) is 19.2 Å². The highest BCUT2D eigenvalue weighted by Gasteiger charge is 2.25. The second-order valence-electron chi connectivity index (χ2n) is 2.94. The molecule has 0 aromatic carbocycles. The molecular formula is C10H6N2O6. The van der Waals surface area contributed by atoms with Crippen LogP contribution in [0.4, 0.5) is 0 Å². The van der Waals surface area contributed by atoms with Crippen molar-refractivity contribution in [2.75, 3.05) is 0 Å². The summed E-state index contributed by atoms with van der Waals surface area (Å²) in [6.07, 6.45) is 1.43. The smallest absolute Gasteiger partial charge is 0.373 e. The molecule has 0 radical (unpaired) electrons. The first kappa shape index (κ1) is 15.0. The molecule has 0 aliphatic carbocycles. The van der Waals surface area contributed by atoms with Gasteiger partial charge < -0.3 is 10.2 Å². The lowest BCUT2D eigenvalue weighted by atomic mass is 10.00. The summed E-state index contributed by atoms with van der Waals surface area (Å²) in [5.74, 6) is -9.92. The van der Waals surface area contributed by atoms with Crippen LogP contribution in [0, 0.1) is 34.5 Å². The molecule has 0 saturated heterocycles. The van der Waals surface area contributed by atoms with Crippen molar-refractivity contribution in [2.24, 2.45) is 11.8 Å². The molecule has 2 unspecified atom stereocenters.